The predicted octanol–water partition coefficient (Wildman–Crippen LogP) is -0.379. The van der Waals surface area contributed by atoms with E-state index in [2.05, 4.69) is 20.4 Å². The van der Waals surface area contributed by atoms with Gasteiger partial charge in [0.05, 0.1) is 23.1 Å². The summed E-state index contributed by atoms with van der Waals surface area (Å²) in [6, 6.07) is 3.80. The molecule has 0 unspecified atom stereocenters. The number of fused-ring (bicyclic) bond motifs is 3. The first-order chi connectivity index (χ1) is 5.95. The van der Waals surface area contributed by atoms with Gasteiger partial charge >= 0.3 is 0 Å². The van der Waals surface area contributed by atoms with E-state index in [-0.39, 0.29) is 0 Å². The lowest BCUT2D eigenvalue weighted by Crippen LogP contribution is -2.17. The van der Waals surface area contributed by atoms with E-state index in [1.54, 1.807) is 12.4 Å². The molecule has 0 radical (unpaired) electrons. The minimum absolute atomic E-state index is 0.900. The van der Waals surface area contributed by atoms with Crippen molar-refractivity contribution in [2.75, 3.05) is 0 Å². The van der Waals surface area contributed by atoms with Crippen LogP contribution in [-0.4, -0.2) is 12.4 Å². The van der Waals surface area contributed by atoms with Crippen molar-refractivity contribution in [1.82, 2.24) is 0 Å². The van der Waals surface area contributed by atoms with Crippen molar-refractivity contribution >= 4 is 12.4 Å². The van der Waals surface area contributed by atoms with Crippen LogP contribution >= 0.6 is 0 Å². The molecule has 0 aliphatic carbocycles. The molecule has 4 heteroatoms. The lowest BCUT2D eigenvalue weighted by Gasteiger charge is -1.91. The average Bonchev–Trinajstić information content (AvgIpc) is 2.71. The Hall–Kier alpha value is -1.84. The number of rotatable bonds is 0. The quantitative estimate of drug-likeness (QED) is 0.491. The second-order valence-electron chi connectivity index (χ2n) is 2.62. The second kappa shape index (κ2) is 1.85. The van der Waals surface area contributed by atoms with E-state index < -0.39 is 0 Å². The van der Waals surface area contributed by atoms with Crippen LogP contribution in [0.3, 0.4) is 0 Å². The molecular formula is C8H4N4. The Morgan fingerprint density at radius 1 is 0.750 bits per heavy atom. The van der Waals surface area contributed by atoms with Gasteiger partial charge in [0.2, 0.25) is 0 Å². The highest BCUT2D eigenvalue weighted by molar-refractivity contribution is 5.95. The van der Waals surface area contributed by atoms with Crippen LogP contribution < -0.4 is 10.7 Å². The van der Waals surface area contributed by atoms with Gasteiger partial charge in [-0.3, -0.25) is 0 Å². The molecule has 0 bridgehead atoms. The van der Waals surface area contributed by atoms with Crippen LogP contribution in [0.5, 0.6) is 0 Å². The predicted molar refractivity (Wildman–Crippen MR) is 43.9 cm³/mol. The van der Waals surface area contributed by atoms with E-state index in [4.69, 9.17) is 0 Å². The first-order valence-corrected chi connectivity index (χ1v) is 3.60. The molecule has 0 atom stereocenters. The van der Waals surface area contributed by atoms with Crippen LogP contribution in [-0.2, 0) is 0 Å². The second-order valence-corrected chi connectivity index (χ2v) is 2.62. The fraction of sp³-hybridized carbons (Fsp3) is 0. The monoisotopic (exact) mass is 156 g/mol. The maximum atomic E-state index is 3.94. The van der Waals surface area contributed by atoms with E-state index in [0.29, 0.717) is 0 Å². The van der Waals surface area contributed by atoms with Gasteiger partial charge in [-0.15, -0.1) is 0 Å². The zero-order valence-electron chi connectivity index (χ0n) is 6.10. The van der Waals surface area contributed by atoms with Gasteiger partial charge in [0.25, 0.3) is 0 Å². The van der Waals surface area contributed by atoms with E-state index in [1.165, 1.54) is 0 Å². The molecule has 1 aromatic rings. The highest BCUT2D eigenvalue weighted by Crippen LogP contribution is 2.00. The zero-order chi connectivity index (χ0) is 7.97. The molecule has 0 amide bonds. The van der Waals surface area contributed by atoms with Crippen LogP contribution in [0, 0.1) is 0 Å². The smallest absolute Gasteiger partial charge is 0.0953 e. The zero-order valence-corrected chi connectivity index (χ0v) is 6.10. The van der Waals surface area contributed by atoms with E-state index in [1.807, 2.05) is 12.1 Å². The minimum atomic E-state index is 0.900. The molecule has 56 valence electrons. The van der Waals surface area contributed by atoms with Gasteiger partial charge in [-0.25, -0.2) is 0 Å². The molecule has 0 saturated carbocycles. The van der Waals surface area contributed by atoms with Crippen molar-refractivity contribution < 1.29 is 0 Å². The summed E-state index contributed by atoms with van der Waals surface area (Å²) in [5.41, 5.74) is 2.05. The molecule has 0 saturated heterocycles. The highest BCUT2D eigenvalue weighted by Gasteiger charge is 2.09. The molecule has 1 aromatic carbocycles. The fourth-order valence-corrected chi connectivity index (χ4v) is 1.36. The summed E-state index contributed by atoms with van der Waals surface area (Å²) >= 11 is 0. The van der Waals surface area contributed by atoms with Crippen molar-refractivity contribution in [2.24, 2.45) is 20.4 Å². The Labute approximate surface area is 67.7 Å². The summed E-state index contributed by atoms with van der Waals surface area (Å²) in [6.45, 7) is 0. The van der Waals surface area contributed by atoms with Gasteiger partial charge in [0.15, 0.2) is 0 Å². The molecule has 4 nitrogen and oxygen atoms in total. The lowest BCUT2D eigenvalue weighted by molar-refractivity contribution is 1.16. The third kappa shape index (κ3) is 0.567. The van der Waals surface area contributed by atoms with Crippen molar-refractivity contribution in [1.29, 1.82) is 0 Å². The molecule has 0 aromatic heterocycles. The van der Waals surface area contributed by atoms with E-state index in [9.17, 15) is 0 Å². The average molecular weight is 156 g/mol. The van der Waals surface area contributed by atoms with E-state index >= 15 is 0 Å². The Morgan fingerprint density at radius 3 is 1.75 bits per heavy atom. The molecule has 0 fully saturated rings. The Balaban J connectivity index is 2.57. The number of hydrogen-bond donors (Lipinski definition) is 0. The summed E-state index contributed by atoms with van der Waals surface area (Å²) in [4.78, 5) is 0. The minimum Gasteiger partial charge on any atom is -0.158 e. The fourth-order valence-electron chi connectivity index (χ4n) is 1.36. The molecule has 0 N–H and O–H groups in total. The van der Waals surface area contributed by atoms with E-state index in [0.717, 1.165) is 21.8 Å². The maximum Gasteiger partial charge on any atom is 0.0953 e. The summed E-state index contributed by atoms with van der Waals surface area (Å²) in [6.07, 6.45) is 3.47. The summed E-state index contributed by atoms with van der Waals surface area (Å²) in [7, 11) is 0. The Morgan fingerprint density at radius 2 is 1.25 bits per heavy atom. The number of hydrogen-bond acceptors (Lipinski definition) is 4. The standard InChI is InChI=1S/C8H4N4/c1-2-8-6(4-10-12-8)5-3-9-11-7(1)5/h1-4H. The van der Waals surface area contributed by atoms with Gasteiger partial charge in [-0.1, -0.05) is 0 Å². The topological polar surface area (TPSA) is 49.4 Å². The van der Waals surface area contributed by atoms with Crippen molar-refractivity contribution in [3.05, 3.63) is 34.0 Å². The summed E-state index contributed by atoms with van der Waals surface area (Å²) < 4.78 is 0. The van der Waals surface area contributed by atoms with Gasteiger partial charge in [-0.2, -0.15) is 20.4 Å². The van der Waals surface area contributed by atoms with Gasteiger partial charge < -0.3 is 0 Å². The number of nitrogens with zero attached hydrogens (tertiary/aromatic N) is 4. The molecule has 0 spiro atoms. The largest absolute Gasteiger partial charge is 0.158 e. The normalized spacial score (nSPS) is 15.3. The third-order valence-corrected chi connectivity index (χ3v) is 1.95. The van der Waals surface area contributed by atoms with Crippen LogP contribution in [0.15, 0.2) is 32.5 Å². The van der Waals surface area contributed by atoms with Crippen LogP contribution in [0.1, 0.15) is 11.1 Å². The molecular weight excluding hydrogens is 152 g/mol. The van der Waals surface area contributed by atoms with Gasteiger partial charge in [0.1, 0.15) is 0 Å². The maximum absolute atomic E-state index is 3.94. The van der Waals surface area contributed by atoms with Crippen molar-refractivity contribution in [3.8, 4) is 0 Å². The van der Waals surface area contributed by atoms with Crippen molar-refractivity contribution in [3.63, 3.8) is 0 Å². The van der Waals surface area contributed by atoms with Gasteiger partial charge in [0, 0.05) is 11.1 Å². The van der Waals surface area contributed by atoms with Crippen LogP contribution in [0.2, 0.25) is 0 Å². The molecule has 2 heterocycles. The first kappa shape index (κ1) is 5.77. The van der Waals surface area contributed by atoms with Crippen LogP contribution in [0.4, 0.5) is 0 Å². The number of benzene rings is 1. The summed E-state index contributed by atoms with van der Waals surface area (Å²) in [5.74, 6) is 0. The van der Waals surface area contributed by atoms with Crippen molar-refractivity contribution in [2.45, 2.75) is 0 Å². The highest BCUT2D eigenvalue weighted by atomic mass is 15.2. The first-order valence-electron chi connectivity index (χ1n) is 3.60. The lowest BCUT2D eigenvalue weighted by atomic mass is 10.1. The summed E-state index contributed by atoms with van der Waals surface area (Å²) in [5, 5.41) is 17.3. The third-order valence-electron chi connectivity index (χ3n) is 1.95. The molecule has 3 rings (SSSR count). The SMILES string of the molecule is C1=NN=c2ccc3c(c21)C=NN=3. The van der Waals surface area contributed by atoms with Gasteiger partial charge in [-0.05, 0) is 12.1 Å². The Bertz CT molecular complexity index is 476. The molecule has 12 heavy (non-hydrogen) atoms. The molecule has 2 aliphatic rings. The Kier molecular flexibility index (Phi) is 0.889. The van der Waals surface area contributed by atoms with Crippen LogP contribution in [0.25, 0.3) is 0 Å². The molecule has 2 aliphatic heterocycles.